The molecule has 4 nitrogen and oxygen atoms in total. The molecule has 0 spiro atoms. The Labute approximate surface area is 115 Å². The number of nitrogens with two attached hydrogens (primary N) is 1. The maximum atomic E-state index is 12.0. The van der Waals surface area contributed by atoms with Gasteiger partial charge in [-0.25, -0.2) is 0 Å². The zero-order chi connectivity index (χ0) is 13.1. The van der Waals surface area contributed by atoms with Crippen LogP contribution >= 0.6 is 22.9 Å². The van der Waals surface area contributed by atoms with E-state index < -0.39 is 0 Å². The van der Waals surface area contributed by atoms with Crippen LogP contribution < -0.4 is 5.73 Å². The highest BCUT2D eigenvalue weighted by molar-refractivity contribution is 7.18. The number of Topliss-reactive ketones (excluding diaryl/α,β-unsaturated/α-hetero) is 1. The summed E-state index contributed by atoms with van der Waals surface area (Å²) in [7, 11) is 0. The van der Waals surface area contributed by atoms with Crippen molar-refractivity contribution < 1.29 is 9.59 Å². The van der Waals surface area contributed by atoms with Gasteiger partial charge in [0, 0.05) is 6.54 Å². The van der Waals surface area contributed by atoms with Crippen LogP contribution in [0.2, 0.25) is 4.34 Å². The largest absolute Gasteiger partial charge is 0.369 e. The number of nitrogens with zero attached hydrogens (tertiary/aromatic N) is 1. The second kappa shape index (κ2) is 5.82. The van der Waals surface area contributed by atoms with Gasteiger partial charge in [-0.15, -0.1) is 11.3 Å². The maximum absolute atomic E-state index is 12.0. The summed E-state index contributed by atoms with van der Waals surface area (Å²) < 4.78 is 0.618. The predicted octanol–water partition coefficient (Wildman–Crippen LogP) is 1.78. The minimum atomic E-state index is -0.272. The van der Waals surface area contributed by atoms with E-state index in [-0.39, 0.29) is 17.6 Å². The van der Waals surface area contributed by atoms with Crippen LogP contribution in [0.3, 0.4) is 0 Å². The van der Waals surface area contributed by atoms with Crippen molar-refractivity contribution in [3.05, 3.63) is 21.3 Å². The Morgan fingerprint density at radius 1 is 1.50 bits per heavy atom. The fraction of sp³-hybridized carbons (Fsp3) is 0.500. The molecule has 1 aliphatic heterocycles. The molecular weight excluding hydrogens is 272 g/mol. The van der Waals surface area contributed by atoms with Crippen molar-refractivity contribution in [3.8, 4) is 0 Å². The molecule has 1 amide bonds. The number of halogens is 1. The van der Waals surface area contributed by atoms with Gasteiger partial charge < -0.3 is 5.73 Å². The van der Waals surface area contributed by atoms with Crippen LogP contribution in [0.25, 0.3) is 0 Å². The second-order valence-corrected chi connectivity index (χ2v) is 6.22. The molecule has 2 heterocycles. The molecule has 1 unspecified atom stereocenters. The summed E-state index contributed by atoms with van der Waals surface area (Å²) >= 11 is 7.09. The first-order valence-corrected chi connectivity index (χ1v) is 7.06. The molecule has 1 saturated heterocycles. The number of carbonyl (C=O) groups is 2. The molecule has 0 radical (unpaired) electrons. The molecule has 6 heteroatoms. The van der Waals surface area contributed by atoms with Crippen LogP contribution in [0, 0.1) is 5.92 Å². The summed E-state index contributed by atoms with van der Waals surface area (Å²) in [5.74, 6) is -0.346. The molecule has 2 N–H and O–H groups in total. The lowest BCUT2D eigenvalue weighted by molar-refractivity contribution is -0.123. The van der Waals surface area contributed by atoms with E-state index in [2.05, 4.69) is 0 Å². The summed E-state index contributed by atoms with van der Waals surface area (Å²) in [6.07, 6.45) is 1.73. The molecule has 0 aromatic carbocycles. The first kappa shape index (κ1) is 13.5. The minimum absolute atomic E-state index is 0.0528. The highest BCUT2D eigenvalue weighted by atomic mass is 35.5. The van der Waals surface area contributed by atoms with Gasteiger partial charge in [0.15, 0.2) is 5.78 Å². The van der Waals surface area contributed by atoms with Crippen molar-refractivity contribution in [2.75, 3.05) is 19.6 Å². The summed E-state index contributed by atoms with van der Waals surface area (Å²) in [4.78, 5) is 25.8. The van der Waals surface area contributed by atoms with Gasteiger partial charge in [-0.05, 0) is 31.5 Å². The van der Waals surface area contributed by atoms with Crippen LogP contribution in [-0.4, -0.2) is 36.2 Å². The lowest BCUT2D eigenvalue weighted by Crippen LogP contribution is -2.43. The van der Waals surface area contributed by atoms with Crippen LogP contribution in [0.4, 0.5) is 0 Å². The Morgan fingerprint density at radius 3 is 2.89 bits per heavy atom. The standard InChI is InChI=1S/C12H15ClN2O2S/c13-11-4-3-10(18-11)9(16)7-15-5-1-2-8(6-15)12(14)17/h3-4,8H,1-2,5-7H2,(H2,14,17). The van der Waals surface area contributed by atoms with E-state index in [0.717, 1.165) is 19.4 Å². The molecule has 0 bridgehead atoms. The van der Waals surface area contributed by atoms with Crippen molar-refractivity contribution in [1.29, 1.82) is 0 Å². The van der Waals surface area contributed by atoms with Crippen molar-refractivity contribution in [2.45, 2.75) is 12.8 Å². The number of carbonyl (C=O) groups excluding carboxylic acids is 2. The van der Waals surface area contributed by atoms with Crippen LogP contribution in [0.15, 0.2) is 12.1 Å². The molecule has 1 aliphatic rings. The third kappa shape index (κ3) is 3.31. The van der Waals surface area contributed by atoms with Crippen molar-refractivity contribution in [1.82, 2.24) is 4.90 Å². The Bertz CT molecular complexity index is 461. The van der Waals surface area contributed by atoms with Gasteiger partial charge in [-0.1, -0.05) is 11.6 Å². The van der Waals surface area contributed by atoms with E-state index in [1.807, 2.05) is 4.90 Å². The van der Waals surface area contributed by atoms with E-state index in [9.17, 15) is 9.59 Å². The van der Waals surface area contributed by atoms with Gasteiger partial charge in [-0.3, -0.25) is 14.5 Å². The molecule has 98 valence electrons. The van der Waals surface area contributed by atoms with Crippen LogP contribution in [0.1, 0.15) is 22.5 Å². The third-order valence-electron chi connectivity index (χ3n) is 3.12. The van der Waals surface area contributed by atoms with Crippen LogP contribution in [0.5, 0.6) is 0 Å². The first-order valence-electron chi connectivity index (χ1n) is 5.86. The summed E-state index contributed by atoms with van der Waals surface area (Å²) in [6, 6.07) is 3.46. The Balaban J connectivity index is 1.93. The highest BCUT2D eigenvalue weighted by Gasteiger charge is 2.25. The number of piperidine rings is 1. The molecule has 18 heavy (non-hydrogen) atoms. The first-order chi connectivity index (χ1) is 8.56. The van der Waals surface area contributed by atoms with Gasteiger partial charge in [-0.2, -0.15) is 0 Å². The minimum Gasteiger partial charge on any atom is -0.369 e. The number of primary amides is 1. The fourth-order valence-corrected chi connectivity index (χ4v) is 3.15. The monoisotopic (exact) mass is 286 g/mol. The number of likely N-dealkylation sites (tertiary alicyclic amines) is 1. The number of thiophene rings is 1. The van der Waals surface area contributed by atoms with E-state index in [1.165, 1.54) is 11.3 Å². The van der Waals surface area contributed by atoms with Gasteiger partial charge in [0.1, 0.15) is 0 Å². The lowest BCUT2D eigenvalue weighted by Gasteiger charge is -2.30. The van der Waals surface area contributed by atoms with E-state index in [1.54, 1.807) is 12.1 Å². The van der Waals surface area contributed by atoms with Crippen LogP contribution in [-0.2, 0) is 4.79 Å². The highest BCUT2D eigenvalue weighted by Crippen LogP contribution is 2.23. The average molecular weight is 287 g/mol. The number of hydrogen-bond donors (Lipinski definition) is 1. The van der Waals surface area contributed by atoms with Gasteiger partial charge >= 0.3 is 0 Å². The maximum Gasteiger partial charge on any atom is 0.221 e. The zero-order valence-corrected chi connectivity index (χ0v) is 11.5. The smallest absolute Gasteiger partial charge is 0.221 e. The zero-order valence-electron chi connectivity index (χ0n) is 9.89. The second-order valence-electron chi connectivity index (χ2n) is 4.50. The van der Waals surface area contributed by atoms with Crippen molar-refractivity contribution in [2.24, 2.45) is 11.7 Å². The van der Waals surface area contributed by atoms with Gasteiger partial charge in [0.2, 0.25) is 5.91 Å². The van der Waals surface area contributed by atoms with E-state index in [0.29, 0.717) is 22.3 Å². The molecule has 0 aliphatic carbocycles. The topological polar surface area (TPSA) is 63.4 Å². The SMILES string of the molecule is NC(=O)C1CCCN(CC(=O)c2ccc(Cl)s2)C1. The number of amides is 1. The van der Waals surface area contributed by atoms with Crippen molar-refractivity contribution in [3.63, 3.8) is 0 Å². The van der Waals surface area contributed by atoms with Crippen molar-refractivity contribution >= 4 is 34.6 Å². The third-order valence-corrected chi connectivity index (χ3v) is 4.40. The van der Waals surface area contributed by atoms with Gasteiger partial charge in [0.05, 0.1) is 21.7 Å². The van der Waals surface area contributed by atoms with E-state index >= 15 is 0 Å². The lowest BCUT2D eigenvalue weighted by atomic mass is 9.97. The quantitative estimate of drug-likeness (QED) is 0.858. The Kier molecular flexibility index (Phi) is 4.37. The number of hydrogen-bond acceptors (Lipinski definition) is 4. The van der Waals surface area contributed by atoms with E-state index in [4.69, 9.17) is 17.3 Å². The molecule has 2 rings (SSSR count). The molecular formula is C12H15ClN2O2S. The summed E-state index contributed by atoms with van der Waals surface area (Å²) in [5, 5.41) is 0. The summed E-state index contributed by atoms with van der Waals surface area (Å²) in [5.41, 5.74) is 5.31. The normalized spacial score (nSPS) is 20.8. The molecule has 1 atom stereocenters. The summed E-state index contributed by atoms with van der Waals surface area (Å²) in [6.45, 7) is 1.76. The molecule has 1 fully saturated rings. The predicted molar refractivity (Wildman–Crippen MR) is 72.0 cm³/mol. The average Bonchev–Trinajstić information content (AvgIpc) is 2.76. The Hall–Kier alpha value is -0.910. The molecule has 0 saturated carbocycles. The van der Waals surface area contributed by atoms with Gasteiger partial charge in [0.25, 0.3) is 0 Å². The molecule has 1 aromatic rings. The number of ketones is 1. The fourth-order valence-electron chi connectivity index (χ4n) is 2.18. The number of rotatable bonds is 4. The molecule has 1 aromatic heterocycles. The Morgan fingerprint density at radius 2 is 2.28 bits per heavy atom.